The number of hydrogen-bond acceptors (Lipinski definition) is 9. The van der Waals surface area contributed by atoms with Crippen molar-refractivity contribution in [3.05, 3.63) is 35.9 Å². The number of esters is 1. The summed E-state index contributed by atoms with van der Waals surface area (Å²) in [6.07, 6.45) is -4.62. The lowest BCUT2D eigenvalue weighted by Gasteiger charge is -2.27. The molecule has 2 saturated heterocycles. The highest BCUT2D eigenvalue weighted by atomic mass is 31.2. The van der Waals surface area contributed by atoms with Crippen molar-refractivity contribution in [3.63, 3.8) is 0 Å². The fourth-order valence-corrected chi connectivity index (χ4v) is 4.90. The highest BCUT2D eigenvalue weighted by molar-refractivity contribution is 7.55. The minimum absolute atomic E-state index is 0.253. The third-order valence-corrected chi connectivity index (χ3v) is 7.05. The van der Waals surface area contributed by atoms with Crippen LogP contribution in [0.25, 0.3) is 0 Å². The summed E-state index contributed by atoms with van der Waals surface area (Å²) < 4.78 is 60.3. The average molecular weight is 445 g/mol. The van der Waals surface area contributed by atoms with E-state index in [4.69, 9.17) is 34.1 Å². The predicted octanol–water partition coefficient (Wildman–Crippen LogP) is 2.87. The van der Waals surface area contributed by atoms with Crippen molar-refractivity contribution in [1.82, 2.24) is 0 Å². The Balaban J connectivity index is 1.84. The van der Waals surface area contributed by atoms with E-state index in [1.807, 2.05) is 30.3 Å². The zero-order chi connectivity index (χ0) is 22.8. The lowest BCUT2D eigenvalue weighted by atomic mass is 10.1. The van der Waals surface area contributed by atoms with Gasteiger partial charge in [0.05, 0.1) is 19.8 Å². The van der Waals surface area contributed by atoms with E-state index in [0.29, 0.717) is 0 Å². The Morgan fingerprint density at radius 2 is 1.80 bits per heavy atom. The highest BCUT2D eigenvalue weighted by Gasteiger charge is 2.57. The molecule has 0 aromatic heterocycles. The van der Waals surface area contributed by atoms with Crippen LogP contribution in [0.1, 0.15) is 27.2 Å². The average Bonchev–Trinajstić information content (AvgIpc) is 3.25. The Morgan fingerprint density at radius 3 is 2.40 bits per heavy atom. The molecule has 0 N–H and O–H groups in total. The summed E-state index contributed by atoms with van der Waals surface area (Å²) in [5.41, 5.74) is -0.610. The summed E-state index contributed by atoms with van der Waals surface area (Å²) in [7, 11) is -0.568. The van der Waals surface area contributed by atoms with Gasteiger partial charge < -0.3 is 32.7 Å². The van der Waals surface area contributed by atoms with Crippen LogP contribution in [0.3, 0.4) is 0 Å². The molecule has 2 heterocycles. The first-order valence-corrected chi connectivity index (χ1v) is 11.1. The number of carbonyl (C=O) groups excluding carboxylic acids is 1. The maximum Gasteiger partial charge on any atom is 0.344 e. The number of hydrogen-bond donors (Lipinski definition) is 0. The molecule has 1 unspecified atom stereocenters. The Morgan fingerprint density at radius 1 is 1.17 bits per heavy atom. The molecule has 0 spiro atoms. The Kier molecular flexibility index (Phi) is 6.89. The summed E-state index contributed by atoms with van der Waals surface area (Å²) in [4.78, 5) is 12.5. The molecule has 10 heteroatoms. The standard InChI is InChI=1S/C20H29O9P/c1-20(2)28-16-14(11-15(18(21)23-3)30(22,24-4)25-5)27-19(17(16)29-20)26-12-13-9-7-6-8-10-13/h6-10,14-17,19H,11-12H2,1-5H3/t14-,15?,16+,17+,19+/m1/s1/i11D/t11-,14-,15?,16+,17+,19+. The van der Waals surface area contributed by atoms with Crippen molar-refractivity contribution in [2.75, 3.05) is 21.3 Å². The zero-order valence-corrected chi connectivity index (χ0v) is 18.6. The first kappa shape index (κ1) is 21.9. The van der Waals surface area contributed by atoms with Gasteiger partial charge in [-0.25, -0.2) is 0 Å². The molecule has 3 rings (SSSR count). The molecule has 2 fully saturated rings. The van der Waals surface area contributed by atoms with Crippen LogP contribution in [0, 0.1) is 0 Å². The maximum atomic E-state index is 13.0. The summed E-state index contributed by atoms with van der Waals surface area (Å²) in [5.74, 6) is -1.85. The lowest BCUT2D eigenvalue weighted by molar-refractivity contribution is -0.237. The van der Waals surface area contributed by atoms with Gasteiger partial charge in [-0.2, -0.15) is 0 Å². The van der Waals surface area contributed by atoms with Crippen molar-refractivity contribution in [2.24, 2.45) is 0 Å². The van der Waals surface area contributed by atoms with E-state index >= 15 is 0 Å². The van der Waals surface area contributed by atoms with Gasteiger partial charge in [-0.1, -0.05) is 30.3 Å². The minimum Gasteiger partial charge on any atom is -0.468 e. The molecule has 2 aliphatic rings. The smallest absolute Gasteiger partial charge is 0.344 e. The van der Waals surface area contributed by atoms with Crippen molar-refractivity contribution in [1.29, 1.82) is 0 Å². The molecule has 2 aliphatic heterocycles. The topological polar surface area (TPSA) is 98.8 Å². The number of ether oxygens (including phenoxy) is 5. The molecular weight excluding hydrogens is 415 g/mol. The normalized spacial score (nSPS) is 30.4. The second kappa shape index (κ2) is 9.44. The second-order valence-electron chi connectivity index (χ2n) is 7.40. The molecule has 30 heavy (non-hydrogen) atoms. The zero-order valence-electron chi connectivity index (χ0n) is 18.7. The van der Waals surface area contributed by atoms with E-state index in [-0.39, 0.29) is 6.61 Å². The maximum absolute atomic E-state index is 13.0. The summed E-state index contributed by atoms with van der Waals surface area (Å²) in [5, 5.41) is 0. The first-order valence-electron chi connectivity index (χ1n) is 10.1. The van der Waals surface area contributed by atoms with Gasteiger partial charge in [0.15, 0.2) is 17.7 Å². The number of rotatable bonds is 9. The molecule has 0 aliphatic carbocycles. The van der Waals surface area contributed by atoms with E-state index in [1.54, 1.807) is 13.8 Å². The third kappa shape index (κ3) is 4.94. The monoisotopic (exact) mass is 445 g/mol. The molecule has 6 atom stereocenters. The van der Waals surface area contributed by atoms with Gasteiger partial charge in [-0.3, -0.25) is 9.36 Å². The summed E-state index contributed by atoms with van der Waals surface area (Å²) in [6, 6.07) is 9.51. The molecule has 0 radical (unpaired) electrons. The van der Waals surface area contributed by atoms with Gasteiger partial charge in [0, 0.05) is 22.0 Å². The van der Waals surface area contributed by atoms with Crippen molar-refractivity contribution in [2.45, 2.75) is 62.9 Å². The number of benzene rings is 1. The van der Waals surface area contributed by atoms with E-state index in [2.05, 4.69) is 0 Å². The SMILES string of the molecule is [2H][C@@H](C(C(=O)OC)P(=O)(OC)OC)[C@H]1O[C@H](OCc2ccccc2)[C@H]2OC(C)(C)O[C@H]21. The van der Waals surface area contributed by atoms with Crippen LogP contribution < -0.4 is 0 Å². The second-order valence-corrected chi connectivity index (χ2v) is 9.76. The van der Waals surface area contributed by atoms with Crippen LogP contribution in [0.4, 0.5) is 0 Å². The van der Waals surface area contributed by atoms with E-state index in [9.17, 15) is 9.36 Å². The van der Waals surface area contributed by atoms with Gasteiger partial charge in [-0.05, 0) is 19.4 Å². The molecule has 1 aromatic carbocycles. The van der Waals surface area contributed by atoms with Gasteiger partial charge >= 0.3 is 13.6 Å². The lowest BCUT2D eigenvalue weighted by Crippen LogP contribution is -2.35. The van der Waals surface area contributed by atoms with Crippen LogP contribution in [-0.4, -0.2) is 63.3 Å². The summed E-state index contributed by atoms with van der Waals surface area (Å²) >= 11 is 0. The van der Waals surface area contributed by atoms with Gasteiger partial charge in [0.2, 0.25) is 0 Å². The van der Waals surface area contributed by atoms with Crippen molar-refractivity contribution < 1.29 is 43.5 Å². The van der Waals surface area contributed by atoms with Gasteiger partial charge in [-0.15, -0.1) is 0 Å². The van der Waals surface area contributed by atoms with E-state index < -0.39 is 56.0 Å². The number of carbonyl (C=O) groups is 1. The van der Waals surface area contributed by atoms with Gasteiger partial charge in [0.1, 0.15) is 12.2 Å². The molecule has 0 bridgehead atoms. The predicted molar refractivity (Wildman–Crippen MR) is 106 cm³/mol. The van der Waals surface area contributed by atoms with Crippen LogP contribution in [0.15, 0.2) is 30.3 Å². The molecule has 9 nitrogen and oxygen atoms in total. The first-order chi connectivity index (χ1) is 14.7. The molecule has 0 saturated carbocycles. The molecule has 168 valence electrons. The third-order valence-electron chi connectivity index (χ3n) is 4.97. The van der Waals surface area contributed by atoms with E-state index in [1.165, 1.54) is 0 Å². The Labute approximate surface area is 177 Å². The van der Waals surface area contributed by atoms with Gasteiger partial charge in [0.25, 0.3) is 0 Å². The molecule has 0 amide bonds. The number of methoxy groups -OCH3 is 1. The van der Waals surface area contributed by atoms with E-state index in [0.717, 1.165) is 26.9 Å². The number of fused-ring (bicyclic) bond motifs is 1. The quantitative estimate of drug-likeness (QED) is 0.420. The highest BCUT2D eigenvalue weighted by Crippen LogP contribution is 2.55. The largest absolute Gasteiger partial charge is 0.468 e. The Hall–Kier alpha value is -1.32. The fraction of sp³-hybridized carbons (Fsp3) is 0.650. The Bertz CT molecular complexity index is 797. The molecular formula is C20H29O9P. The van der Waals surface area contributed by atoms with Crippen LogP contribution in [-0.2, 0) is 48.7 Å². The van der Waals surface area contributed by atoms with Crippen molar-refractivity contribution in [3.8, 4) is 0 Å². The fourth-order valence-electron chi connectivity index (χ4n) is 3.55. The van der Waals surface area contributed by atoms with Crippen LogP contribution in [0.5, 0.6) is 0 Å². The van der Waals surface area contributed by atoms with Crippen molar-refractivity contribution >= 4 is 13.6 Å². The van der Waals surface area contributed by atoms with Crippen LogP contribution >= 0.6 is 7.60 Å². The summed E-state index contributed by atoms with van der Waals surface area (Å²) in [6.45, 7) is 3.73. The minimum atomic E-state index is -4.00. The molecule has 1 aromatic rings. The van der Waals surface area contributed by atoms with Crippen LogP contribution in [0.2, 0.25) is 0 Å².